The lowest BCUT2D eigenvalue weighted by Gasteiger charge is -2.04. The van der Waals surface area contributed by atoms with Crippen LogP contribution < -0.4 is 5.73 Å². The van der Waals surface area contributed by atoms with E-state index in [2.05, 4.69) is 41.8 Å². The fourth-order valence-electron chi connectivity index (χ4n) is 2.78. The van der Waals surface area contributed by atoms with Crippen LogP contribution in [-0.4, -0.2) is 14.9 Å². The molecule has 0 saturated heterocycles. The molecule has 2 heterocycles. The van der Waals surface area contributed by atoms with E-state index in [0.29, 0.717) is 5.56 Å². The molecule has 0 radical (unpaired) electrons. The van der Waals surface area contributed by atoms with Crippen molar-refractivity contribution in [3.05, 3.63) is 79.0 Å². The number of hydrogen-bond donors (Lipinski definition) is 1. The van der Waals surface area contributed by atoms with Crippen molar-refractivity contribution < 1.29 is 4.92 Å². The molecule has 0 amide bonds. The third-order valence-corrected chi connectivity index (χ3v) is 5.39. The summed E-state index contributed by atoms with van der Waals surface area (Å²) in [4.78, 5) is 18.6. The van der Waals surface area contributed by atoms with Gasteiger partial charge < -0.3 is 5.73 Å². The van der Waals surface area contributed by atoms with Crippen LogP contribution in [0.25, 0.3) is 21.8 Å². The average molecular weight is 504 g/mol. The summed E-state index contributed by atoms with van der Waals surface area (Å²) in [6, 6.07) is 11.5. The highest BCUT2D eigenvalue weighted by Gasteiger charge is 2.13. The van der Waals surface area contributed by atoms with Crippen molar-refractivity contribution in [1.29, 1.82) is 0 Å². The topological polar surface area (TPSA) is 94.9 Å². The predicted octanol–water partition coefficient (Wildman–Crippen LogP) is 6.10. The summed E-state index contributed by atoms with van der Waals surface area (Å²) in [6.07, 6.45) is 3.00. The van der Waals surface area contributed by atoms with Gasteiger partial charge in [0, 0.05) is 25.3 Å². The summed E-state index contributed by atoms with van der Waals surface area (Å²) in [5, 5.41) is 12.6. The van der Waals surface area contributed by atoms with Crippen LogP contribution in [0.2, 0.25) is 0 Å². The summed E-state index contributed by atoms with van der Waals surface area (Å²) in [6.45, 7) is 3.74. The lowest BCUT2D eigenvalue weighted by Crippen LogP contribution is -1.94. The number of rotatable bonds is 1. The van der Waals surface area contributed by atoms with Gasteiger partial charge in [0.05, 0.1) is 27.8 Å². The van der Waals surface area contributed by atoms with Crippen molar-refractivity contribution >= 4 is 65.0 Å². The average Bonchev–Trinajstić information content (AvgIpc) is 2.66. The van der Waals surface area contributed by atoms with Crippen LogP contribution in [-0.2, 0) is 0 Å². The van der Waals surface area contributed by atoms with Crippen molar-refractivity contribution in [2.75, 3.05) is 5.73 Å². The second-order valence-electron chi connectivity index (χ2n) is 6.19. The first-order valence-corrected chi connectivity index (χ1v) is 9.86. The van der Waals surface area contributed by atoms with E-state index in [1.165, 1.54) is 6.20 Å². The molecule has 8 heteroatoms. The Kier molecular flexibility index (Phi) is 5.90. The van der Waals surface area contributed by atoms with Gasteiger partial charge in [-0.05, 0) is 55.8 Å². The van der Waals surface area contributed by atoms with Gasteiger partial charge >= 0.3 is 0 Å². The molecule has 0 aliphatic rings. The van der Waals surface area contributed by atoms with Crippen LogP contribution in [0.15, 0.2) is 57.7 Å². The van der Waals surface area contributed by atoms with E-state index >= 15 is 0 Å². The second-order valence-corrected chi connectivity index (χ2v) is 8.02. The van der Waals surface area contributed by atoms with Crippen molar-refractivity contribution in [3.63, 3.8) is 0 Å². The maximum Gasteiger partial charge on any atom is 0.291 e. The molecule has 0 fully saturated rings. The highest BCUT2D eigenvalue weighted by molar-refractivity contribution is 9.10. The molecule has 0 aliphatic heterocycles. The van der Waals surface area contributed by atoms with Crippen molar-refractivity contribution in [2.45, 2.75) is 13.8 Å². The summed E-state index contributed by atoms with van der Waals surface area (Å²) in [5.41, 5.74) is 10.0. The third-order valence-electron chi connectivity index (χ3n) is 4.41. The molecule has 2 aromatic heterocycles. The fraction of sp³-hybridized carbons (Fsp3) is 0.100. The molecule has 0 spiro atoms. The first-order valence-electron chi connectivity index (χ1n) is 8.27. The summed E-state index contributed by atoms with van der Waals surface area (Å²) >= 11 is 6.75. The minimum absolute atomic E-state index is 0.0561. The predicted molar refractivity (Wildman–Crippen MR) is 119 cm³/mol. The lowest BCUT2D eigenvalue weighted by atomic mass is 10.1. The molecule has 0 aliphatic carbocycles. The minimum Gasteiger partial charge on any atom is -0.397 e. The third kappa shape index (κ3) is 4.13. The van der Waals surface area contributed by atoms with Crippen LogP contribution >= 0.6 is 31.9 Å². The largest absolute Gasteiger partial charge is 0.397 e. The van der Waals surface area contributed by atoms with Crippen LogP contribution in [0.1, 0.15) is 11.1 Å². The normalized spacial score (nSPS) is 10.6. The van der Waals surface area contributed by atoms with Gasteiger partial charge in [0.2, 0.25) is 0 Å². The summed E-state index contributed by atoms with van der Waals surface area (Å²) < 4.78 is 1.94. The molecule has 0 unspecified atom stereocenters. The molecule has 0 atom stereocenters. The molecule has 0 saturated carbocycles. The maximum absolute atomic E-state index is 10.7. The molecular weight excluding hydrogens is 488 g/mol. The molecule has 4 rings (SSSR count). The number of nitro groups is 1. The van der Waals surface area contributed by atoms with Gasteiger partial charge in [0.15, 0.2) is 0 Å². The molecule has 4 aromatic rings. The first kappa shape index (κ1) is 20.2. The second kappa shape index (κ2) is 8.20. The van der Waals surface area contributed by atoms with E-state index in [1.807, 2.05) is 43.3 Å². The Morgan fingerprint density at radius 1 is 0.893 bits per heavy atom. The van der Waals surface area contributed by atoms with E-state index < -0.39 is 4.92 Å². The number of fused-ring (bicyclic) bond motifs is 2. The molecule has 2 N–H and O–H groups in total. The zero-order valence-corrected chi connectivity index (χ0v) is 18.3. The number of pyridine rings is 2. The Labute approximate surface area is 178 Å². The van der Waals surface area contributed by atoms with Gasteiger partial charge in [-0.25, -0.2) is 4.98 Å². The van der Waals surface area contributed by atoms with Gasteiger partial charge in [0.25, 0.3) is 5.69 Å². The van der Waals surface area contributed by atoms with Crippen LogP contribution in [0, 0.1) is 24.0 Å². The molecule has 142 valence electrons. The van der Waals surface area contributed by atoms with E-state index in [-0.39, 0.29) is 5.69 Å². The van der Waals surface area contributed by atoms with Gasteiger partial charge in [-0.1, -0.05) is 31.9 Å². The highest BCUT2D eigenvalue weighted by Crippen LogP contribution is 2.27. The zero-order valence-electron chi connectivity index (χ0n) is 15.1. The van der Waals surface area contributed by atoms with Crippen molar-refractivity contribution in [3.8, 4) is 0 Å². The Hall–Kier alpha value is -2.58. The van der Waals surface area contributed by atoms with Gasteiger partial charge in [-0.3, -0.25) is 15.1 Å². The Morgan fingerprint density at radius 2 is 1.39 bits per heavy atom. The number of aryl methyl sites for hydroxylation is 2. The standard InChI is InChI=1S/C10H7BrN2O2.C10H9BrN2/c1-6-8-4-7(11)2-3-9(8)12-5-10(6)13(14)15;1-6-8-4-7(11)2-3-10(8)13-5-9(6)12/h2-5H,1H3;2-5H,12H2,1H3. The van der Waals surface area contributed by atoms with Crippen molar-refractivity contribution in [1.82, 2.24) is 9.97 Å². The number of anilines is 1. The molecule has 0 bridgehead atoms. The quantitative estimate of drug-likeness (QED) is 0.250. The number of nitrogens with two attached hydrogens (primary N) is 1. The minimum atomic E-state index is -0.414. The van der Waals surface area contributed by atoms with E-state index in [0.717, 1.165) is 42.0 Å². The number of benzene rings is 2. The summed E-state index contributed by atoms with van der Waals surface area (Å²) in [7, 11) is 0. The smallest absolute Gasteiger partial charge is 0.291 e. The summed E-state index contributed by atoms with van der Waals surface area (Å²) in [5.74, 6) is 0. The number of nitrogen functional groups attached to an aromatic ring is 1. The van der Waals surface area contributed by atoms with Gasteiger partial charge in [-0.2, -0.15) is 0 Å². The SMILES string of the molecule is Cc1c(N)cnc2ccc(Br)cc12.Cc1c([N+](=O)[O-])cnc2ccc(Br)cc12. The number of halogens is 2. The number of hydrogen-bond acceptors (Lipinski definition) is 5. The fourth-order valence-corrected chi connectivity index (χ4v) is 3.51. The van der Waals surface area contributed by atoms with Crippen LogP contribution in [0.4, 0.5) is 11.4 Å². The lowest BCUT2D eigenvalue weighted by molar-refractivity contribution is -0.385. The van der Waals surface area contributed by atoms with Crippen molar-refractivity contribution in [2.24, 2.45) is 0 Å². The number of aromatic nitrogens is 2. The first-order chi connectivity index (χ1) is 13.3. The van der Waals surface area contributed by atoms with E-state index in [9.17, 15) is 10.1 Å². The van der Waals surface area contributed by atoms with E-state index in [4.69, 9.17) is 5.73 Å². The highest BCUT2D eigenvalue weighted by atomic mass is 79.9. The van der Waals surface area contributed by atoms with Crippen LogP contribution in [0.5, 0.6) is 0 Å². The number of nitrogens with zero attached hydrogens (tertiary/aromatic N) is 3. The molecule has 2 aromatic carbocycles. The molecule has 6 nitrogen and oxygen atoms in total. The van der Waals surface area contributed by atoms with Gasteiger partial charge in [-0.15, -0.1) is 0 Å². The Morgan fingerprint density at radius 3 is 1.93 bits per heavy atom. The Bertz CT molecular complexity index is 1210. The monoisotopic (exact) mass is 502 g/mol. The Balaban J connectivity index is 0.000000162. The maximum atomic E-state index is 10.7. The van der Waals surface area contributed by atoms with E-state index in [1.54, 1.807) is 13.1 Å². The molecule has 28 heavy (non-hydrogen) atoms. The molecular formula is C20H16Br2N4O2. The zero-order chi connectivity index (χ0) is 20.4. The van der Waals surface area contributed by atoms with Crippen LogP contribution in [0.3, 0.4) is 0 Å². The van der Waals surface area contributed by atoms with Gasteiger partial charge in [0.1, 0.15) is 6.20 Å².